The van der Waals surface area contributed by atoms with Gasteiger partial charge >= 0.3 is 5.97 Å². The lowest BCUT2D eigenvalue weighted by atomic mass is 10.4. The van der Waals surface area contributed by atoms with Gasteiger partial charge in [-0.15, -0.1) is 11.3 Å². The second-order valence-corrected chi connectivity index (χ2v) is 6.56. The lowest BCUT2D eigenvalue weighted by Crippen LogP contribution is -2.28. The van der Waals surface area contributed by atoms with Gasteiger partial charge in [-0.05, 0) is 13.0 Å². The molecule has 0 fully saturated rings. The number of nitrogens with one attached hydrogen (secondary N) is 1. The Kier molecular flexibility index (Phi) is 5.88. The first kappa shape index (κ1) is 16.1. The monoisotopic (exact) mass is 309 g/mol. The van der Waals surface area contributed by atoms with Crippen molar-refractivity contribution >= 4 is 27.3 Å². The van der Waals surface area contributed by atoms with Crippen LogP contribution in [0.3, 0.4) is 0 Å². The van der Waals surface area contributed by atoms with Crippen molar-refractivity contribution in [3.8, 4) is 0 Å². The number of carboxylic acids is 1. The molecule has 0 radical (unpaired) electrons. The Bertz CT molecular complexity index is 536. The van der Waals surface area contributed by atoms with Crippen molar-refractivity contribution in [3.05, 3.63) is 15.8 Å². The molecule has 0 unspecified atom stereocenters. The smallest absolute Gasteiger partial charge is 0.345 e. The van der Waals surface area contributed by atoms with Gasteiger partial charge in [0.15, 0.2) is 0 Å². The molecule has 19 heavy (non-hydrogen) atoms. The minimum atomic E-state index is -3.74. The molecule has 1 rings (SSSR count). The number of thiophene rings is 1. The van der Waals surface area contributed by atoms with Crippen LogP contribution in [0.1, 0.15) is 14.5 Å². The minimum Gasteiger partial charge on any atom is -0.477 e. The predicted octanol–water partition coefficient (Wildman–Crippen LogP) is 0.0419. The zero-order valence-corrected chi connectivity index (χ0v) is 11.9. The molecule has 7 nitrogen and oxygen atoms in total. The van der Waals surface area contributed by atoms with Crippen LogP contribution in [0.25, 0.3) is 0 Å². The van der Waals surface area contributed by atoms with Gasteiger partial charge in [-0.25, -0.2) is 17.9 Å². The zero-order valence-electron chi connectivity index (χ0n) is 10.2. The Morgan fingerprint density at radius 1 is 1.47 bits per heavy atom. The van der Waals surface area contributed by atoms with E-state index in [1.165, 1.54) is 0 Å². The molecule has 1 aromatic rings. The number of aliphatic hydroxyl groups excluding tert-OH is 1. The Hall–Kier alpha value is -1.00. The SMILES string of the molecule is Cc1sc(C(=O)O)cc1S(=O)(=O)NCCOCCO. The summed E-state index contributed by atoms with van der Waals surface area (Å²) < 4.78 is 31.1. The highest BCUT2D eigenvalue weighted by molar-refractivity contribution is 7.89. The highest BCUT2D eigenvalue weighted by Gasteiger charge is 2.21. The van der Waals surface area contributed by atoms with Crippen LogP contribution < -0.4 is 4.72 Å². The number of sulfonamides is 1. The Balaban J connectivity index is 2.69. The molecule has 3 N–H and O–H groups in total. The number of aliphatic hydroxyl groups is 1. The van der Waals surface area contributed by atoms with Crippen molar-refractivity contribution in [1.82, 2.24) is 4.72 Å². The lowest BCUT2D eigenvalue weighted by Gasteiger charge is -2.06. The maximum absolute atomic E-state index is 11.9. The van der Waals surface area contributed by atoms with E-state index in [2.05, 4.69) is 4.72 Å². The zero-order chi connectivity index (χ0) is 14.5. The number of hydrogen-bond donors (Lipinski definition) is 3. The van der Waals surface area contributed by atoms with Crippen molar-refractivity contribution in [2.24, 2.45) is 0 Å². The first-order chi connectivity index (χ1) is 8.88. The number of aromatic carboxylic acids is 1. The van der Waals surface area contributed by atoms with Crippen molar-refractivity contribution in [3.63, 3.8) is 0 Å². The van der Waals surface area contributed by atoms with Crippen LogP contribution in [0.15, 0.2) is 11.0 Å². The van der Waals surface area contributed by atoms with Crippen LogP contribution in [0.4, 0.5) is 0 Å². The third kappa shape index (κ3) is 4.55. The topological polar surface area (TPSA) is 113 Å². The quantitative estimate of drug-likeness (QED) is 0.584. The Labute approximate surface area is 114 Å². The highest BCUT2D eigenvalue weighted by Crippen LogP contribution is 2.25. The molecule has 0 saturated carbocycles. The maximum atomic E-state index is 11.9. The molecule has 1 heterocycles. The molecule has 0 aromatic carbocycles. The average molecular weight is 309 g/mol. The van der Waals surface area contributed by atoms with E-state index < -0.39 is 16.0 Å². The fourth-order valence-electron chi connectivity index (χ4n) is 1.33. The molecular formula is C10H15NO6S2. The summed E-state index contributed by atoms with van der Waals surface area (Å²) in [7, 11) is -3.74. The Morgan fingerprint density at radius 3 is 2.68 bits per heavy atom. The van der Waals surface area contributed by atoms with E-state index in [1.807, 2.05) is 0 Å². The van der Waals surface area contributed by atoms with Gasteiger partial charge in [0.25, 0.3) is 0 Å². The van der Waals surface area contributed by atoms with Crippen LogP contribution in [0.2, 0.25) is 0 Å². The lowest BCUT2D eigenvalue weighted by molar-refractivity contribution is 0.0702. The third-order valence-electron chi connectivity index (χ3n) is 2.15. The summed E-state index contributed by atoms with van der Waals surface area (Å²) in [5.74, 6) is -1.15. The van der Waals surface area contributed by atoms with Gasteiger partial charge in [0, 0.05) is 11.4 Å². The third-order valence-corrected chi connectivity index (χ3v) is 4.90. The molecule has 0 aliphatic rings. The van der Waals surface area contributed by atoms with Crippen molar-refractivity contribution < 1.29 is 28.2 Å². The summed E-state index contributed by atoms with van der Waals surface area (Å²) in [4.78, 5) is 11.1. The predicted molar refractivity (Wildman–Crippen MR) is 69.1 cm³/mol. The summed E-state index contributed by atoms with van der Waals surface area (Å²) >= 11 is 0.914. The number of carboxylic acid groups (broad SMARTS) is 1. The van der Waals surface area contributed by atoms with Crippen molar-refractivity contribution in [2.45, 2.75) is 11.8 Å². The first-order valence-corrected chi connectivity index (χ1v) is 7.70. The molecule has 0 saturated heterocycles. The van der Waals surface area contributed by atoms with Gasteiger partial charge in [0.2, 0.25) is 10.0 Å². The van der Waals surface area contributed by atoms with Gasteiger partial charge in [0.1, 0.15) is 4.88 Å². The van der Waals surface area contributed by atoms with E-state index in [0.717, 1.165) is 17.4 Å². The number of rotatable bonds is 8. The molecule has 0 atom stereocenters. The van der Waals surface area contributed by atoms with Crippen LogP contribution in [-0.4, -0.2) is 51.0 Å². The van der Waals surface area contributed by atoms with Gasteiger partial charge in [-0.3, -0.25) is 0 Å². The Morgan fingerprint density at radius 2 is 2.16 bits per heavy atom. The molecular weight excluding hydrogens is 294 g/mol. The molecule has 1 aromatic heterocycles. The van der Waals surface area contributed by atoms with Crippen LogP contribution in [-0.2, 0) is 14.8 Å². The standard InChI is InChI=1S/C10H15NO6S2/c1-7-9(6-8(18-7)10(13)14)19(15,16)11-2-4-17-5-3-12/h6,11-12H,2-5H2,1H3,(H,13,14). The van der Waals surface area contributed by atoms with E-state index in [9.17, 15) is 13.2 Å². The largest absolute Gasteiger partial charge is 0.477 e. The molecule has 0 aliphatic carbocycles. The van der Waals surface area contributed by atoms with Crippen LogP contribution >= 0.6 is 11.3 Å². The van der Waals surface area contributed by atoms with E-state index in [0.29, 0.717) is 4.88 Å². The minimum absolute atomic E-state index is 0.0191. The second-order valence-electron chi connectivity index (χ2n) is 3.57. The van der Waals surface area contributed by atoms with Crippen LogP contribution in [0, 0.1) is 6.92 Å². The summed E-state index contributed by atoms with van der Waals surface area (Å²) in [5.41, 5.74) is 0. The summed E-state index contributed by atoms with van der Waals surface area (Å²) in [6.07, 6.45) is 0. The van der Waals surface area contributed by atoms with Gasteiger partial charge < -0.3 is 14.9 Å². The van der Waals surface area contributed by atoms with E-state index >= 15 is 0 Å². The van der Waals surface area contributed by atoms with Crippen LogP contribution in [0.5, 0.6) is 0 Å². The summed E-state index contributed by atoms with van der Waals surface area (Å²) in [5, 5.41) is 17.3. The summed E-state index contributed by atoms with van der Waals surface area (Å²) in [6.45, 7) is 1.75. The molecule has 0 aliphatic heterocycles. The molecule has 0 bridgehead atoms. The number of aryl methyl sites for hydroxylation is 1. The molecule has 108 valence electrons. The number of hydrogen-bond acceptors (Lipinski definition) is 6. The van der Waals surface area contributed by atoms with Gasteiger partial charge in [-0.2, -0.15) is 0 Å². The number of ether oxygens (including phenoxy) is 1. The van der Waals surface area contributed by atoms with E-state index in [4.69, 9.17) is 14.9 Å². The molecule has 0 spiro atoms. The van der Waals surface area contributed by atoms with E-state index in [1.54, 1.807) is 6.92 Å². The first-order valence-electron chi connectivity index (χ1n) is 5.40. The van der Waals surface area contributed by atoms with Crippen molar-refractivity contribution in [2.75, 3.05) is 26.4 Å². The molecule has 0 amide bonds. The normalized spacial score (nSPS) is 11.7. The van der Waals surface area contributed by atoms with Gasteiger partial charge in [-0.1, -0.05) is 0 Å². The average Bonchev–Trinajstić information content (AvgIpc) is 2.72. The fraction of sp³-hybridized carbons (Fsp3) is 0.500. The molecule has 9 heteroatoms. The summed E-state index contributed by atoms with van der Waals surface area (Å²) in [6, 6.07) is 1.14. The van der Waals surface area contributed by atoms with E-state index in [-0.39, 0.29) is 36.1 Å². The highest BCUT2D eigenvalue weighted by atomic mass is 32.2. The fourth-order valence-corrected chi connectivity index (χ4v) is 3.77. The second kappa shape index (κ2) is 6.96. The van der Waals surface area contributed by atoms with Gasteiger partial charge in [0.05, 0.1) is 24.7 Å². The number of carbonyl (C=O) groups is 1. The van der Waals surface area contributed by atoms with Crippen molar-refractivity contribution in [1.29, 1.82) is 0 Å². The maximum Gasteiger partial charge on any atom is 0.345 e.